The number of amides is 1. The maximum atomic E-state index is 12.6. The molecule has 0 saturated carbocycles. The molecule has 0 saturated heterocycles. The van der Waals surface area contributed by atoms with Gasteiger partial charge in [0.2, 0.25) is 0 Å². The van der Waals surface area contributed by atoms with E-state index in [4.69, 9.17) is 9.47 Å². The third kappa shape index (κ3) is 4.73. The van der Waals surface area contributed by atoms with E-state index < -0.39 is 0 Å². The average molecular weight is 383 g/mol. The summed E-state index contributed by atoms with van der Waals surface area (Å²) in [5.74, 6) is 0.875. The maximum absolute atomic E-state index is 12.6. The first-order valence-electron chi connectivity index (χ1n) is 9.45. The Balaban J connectivity index is 1.67. The standard InChI is InChI=1S/C21H25N3O4/c1-3-4-5-6-11-28-18-10-7-14(12-19(18)27-2)20(25)22-15-8-9-16-17(13-15)24-21(26)23-16/h7-10,12-13H,3-6,11H2,1-2H3,(H,22,25)(H2,23,24,26). The van der Waals surface area contributed by atoms with Crippen molar-refractivity contribution in [2.75, 3.05) is 19.0 Å². The summed E-state index contributed by atoms with van der Waals surface area (Å²) in [5, 5.41) is 2.83. The number of rotatable bonds is 9. The number of imidazole rings is 1. The third-order valence-electron chi connectivity index (χ3n) is 4.46. The fourth-order valence-electron chi connectivity index (χ4n) is 2.95. The molecule has 1 aromatic heterocycles. The van der Waals surface area contributed by atoms with Gasteiger partial charge < -0.3 is 24.8 Å². The number of H-pyrrole nitrogens is 2. The van der Waals surface area contributed by atoms with Crippen molar-refractivity contribution in [1.82, 2.24) is 9.97 Å². The molecule has 7 heteroatoms. The lowest BCUT2D eigenvalue weighted by Gasteiger charge is -2.12. The molecule has 0 aliphatic rings. The highest BCUT2D eigenvalue weighted by Gasteiger charge is 2.12. The first-order valence-corrected chi connectivity index (χ1v) is 9.45. The number of aromatic nitrogens is 2. The monoisotopic (exact) mass is 383 g/mol. The van der Waals surface area contributed by atoms with Gasteiger partial charge in [-0.15, -0.1) is 0 Å². The van der Waals surface area contributed by atoms with Crippen LogP contribution in [-0.2, 0) is 0 Å². The lowest BCUT2D eigenvalue weighted by atomic mass is 10.1. The van der Waals surface area contributed by atoms with Gasteiger partial charge in [0.1, 0.15) is 0 Å². The van der Waals surface area contributed by atoms with Crippen LogP contribution in [-0.4, -0.2) is 29.6 Å². The molecule has 0 fully saturated rings. The zero-order chi connectivity index (χ0) is 19.9. The van der Waals surface area contributed by atoms with Gasteiger partial charge in [0, 0.05) is 11.3 Å². The summed E-state index contributed by atoms with van der Waals surface area (Å²) in [6, 6.07) is 10.3. The number of nitrogens with one attached hydrogen (secondary N) is 3. The molecule has 2 aromatic carbocycles. The normalized spacial score (nSPS) is 10.8. The number of methoxy groups -OCH3 is 1. The molecule has 1 heterocycles. The van der Waals surface area contributed by atoms with E-state index in [-0.39, 0.29) is 11.6 Å². The van der Waals surface area contributed by atoms with Crippen LogP contribution in [0.2, 0.25) is 0 Å². The van der Waals surface area contributed by atoms with Crippen LogP contribution in [0.4, 0.5) is 5.69 Å². The van der Waals surface area contributed by atoms with E-state index in [1.165, 1.54) is 12.8 Å². The molecule has 0 aliphatic heterocycles. The summed E-state index contributed by atoms with van der Waals surface area (Å²) in [4.78, 5) is 29.3. The van der Waals surface area contributed by atoms with E-state index >= 15 is 0 Å². The van der Waals surface area contributed by atoms with Crippen molar-refractivity contribution >= 4 is 22.6 Å². The summed E-state index contributed by atoms with van der Waals surface area (Å²) in [6.45, 7) is 2.79. The van der Waals surface area contributed by atoms with Gasteiger partial charge in [-0.3, -0.25) is 4.79 Å². The molecule has 3 aromatic rings. The highest BCUT2D eigenvalue weighted by molar-refractivity contribution is 6.05. The van der Waals surface area contributed by atoms with Crippen LogP contribution in [0.1, 0.15) is 43.0 Å². The largest absolute Gasteiger partial charge is 0.493 e. The molecule has 148 valence electrons. The maximum Gasteiger partial charge on any atom is 0.323 e. The molecule has 0 aliphatic carbocycles. The van der Waals surface area contributed by atoms with Crippen molar-refractivity contribution in [2.45, 2.75) is 32.6 Å². The lowest BCUT2D eigenvalue weighted by molar-refractivity contribution is 0.102. The Kier molecular flexibility index (Phi) is 6.37. The second-order valence-corrected chi connectivity index (χ2v) is 6.57. The number of hydrogen-bond donors (Lipinski definition) is 3. The number of aromatic amines is 2. The van der Waals surface area contributed by atoms with Crippen LogP contribution < -0.4 is 20.5 Å². The van der Waals surface area contributed by atoms with E-state index in [0.29, 0.717) is 40.4 Å². The Morgan fingerprint density at radius 2 is 1.82 bits per heavy atom. The molecule has 0 atom stereocenters. The highest BCUT2D eigenvalue weighted by Crippen LogP contribution is 2.29. The molecule has 0 spiro atoms. The van der Waals surface area contributed by atoms with Crippen molar-refractivity contribution in [3.8, 4) is 11.5 Å². The summed E-state index contributed by atoms with van der Waals surface area (Å²) in [7, 11) is 1.55. The van der Waals surface area contributed by atoms with Crippen molar-refractivity contribution in [3.63, 3.8) is 0 Å². The lowest BCUT2D eigenvalue weighted by Crippen LogP contribution is -2.12. The van der Waals surface area contributed by atoms with E-state index in [1.54, 1.807) is 43.5 Å². The Morgan fingerprint density at radius 1 is 1.00 bits per heavy atom. The van der Waals surface area contributed by atoms with Gasteiger partial charge in [-0.1, -0.05) is 26.2 Å². The van der Waals surface area contributed by atoms with Gasteiger partial charge in [-0.05, 0) is 42.8 Å². The fraction of sp³-hybridized carbons (Fsp3) is 0.333. The van der Waals surface area contributed by atoms with Crippen molar-refractivity contribution in [3.05, 3.63) is 52.4 Å². The van der Waals surface area contributed by atoms with Crippen molar-refractivity contribution in [1.29, 1.82) is 0 Å². The van der Waals surface area contributed by atoms with Gasteiger partial charge in [-0.25, -0.2) is 4.79 Å². The number of hydrogen-bond acceptors (Lipinski definition) is 4. The minimum atomic E-state index is -0.284. The second-order valence-electron chi connectivity index (χ2n) is 6.57. The van der Waals surface area contributed by atoms with Crippen LogP contribution in [0.5, 0.6) is 11.5 Å². The molecule has 3 rings (SSSR count). The topological polar surface area (TPSA) is 96.2 Å². The molecule has 1 amide bonds. The molecule has 0 radical (unpaired) electrons. The zero-order valence-electron chi connectivity index (χ0n) is 16.1. The SMILES string of the molecule is CCCCCCOc1ccc(C(=O)Nc2ccc3[nH]c(=O)[nH]c3c2)cc1OC. The predicted molar refractivity (Wildman–Crippen MR) is 110 cm³/mol. The summed E-state index contributed by atoms with van der Waals surface area (Å²) >= 11 is 0. The van der Waals surface area contributed by atoms with Gasteiger partial charge >= 0.3 is 5.69 Å². The summed E-state index contributed by atoms with van der Waals surface area (Å²) < 4.78 is 11.2. The van der Waals surface area contributed by atoms with Crippen LogP contribution >= 0.6 is 0 Å². The molecule has 0 bridgehead atoms. The smallest absolute Gasteiger partial charge is 0.323 e. The number of fused-ring (bicyclic) bond motifs is 1. The van der Waals surface area contributed by atoms with Crippen LogP contribution in [0.15, 0.2) is 41.2 Å². The van der Waals surface area contributed by atoms with Crippen LogP contribution in [0.25, 0.3) is 11.0 Å². The minimum Gasteiger partial charge on any atom is -0.493 e. The molecule has 3 N–H and O–H groups in total. The highest BCUT2D eigenvalue weighted by atomic mass is 16.5. The van der Waals surface area contributed by atoms with E-state index in [9.17, 15) is 9.59 Å². The minimum absolute atomic E-state index is 0.273. The van der Waals surface area contributed by atoms with Gasteiger partial charge in [-0.2, -0.15) is 0 Å². The molecule has 7 nitrogen and oxygen atoms in total. The molecule has 0 unspecified atom stereocenters. The van der Waals surface area contributed by atoms with E-state index in [0.717, 1.165) is 12.8 Å². The Morgan fingerprint density at radius 3 is 2.61 bits per heavy atom. The van der Waals surface area contributed by atoms with Gasteiger partial charge in [0.15, 0.2) is 11.5 Å². The molecular formula is C21H25N3O4. The average Bonchev–Trinajstić information content (AvgIpc) is 3.07. The Bertz CT molecular complexity index is 1010. The number of carbonyl (C=O) groups is 1. The van der Waals surface area contributed by atoms with Crippen LogP contribution in [0.3, 0.4) is 0 Å². The van der Waals surface area contributed by atoms with E-state index in [1.807, 2.05) is 0 Å². The second kappa shape index (κ2) is 9.12. The number of anilines is 1. The third-order valence-corrected chi connectivity index (χ3v) is 4.46. The zero-order valence-corrected chi connectivity index (χ0v) is 16.1. The first-order chi connectivity index (χ1) is 13.6. The number of ether oxygens (including phenoxy) is 2. The number of unbranched alkanes of at least 4 members (excludes halogenated alkanes) is 3. The van der Waals surface area contributed by atoms with Gasteiger partial charge in [0.25, 0.3) is 5.91 Å². The predicted octanol–water partition coefficient (Wildman–Crippen LogP) is 4.08. The molecular weight excluding hydrogens is 358 g/mol. The van der Waals surface area contributed by atoms with Crippen LogP contribution in [0, 0.1) is 0 Å². The Hall–Kier alpha value is -3.22. The van der Waals surface area contributed by atoms with Crippen molar-refractivity contribution < 1.29 is 14.3 Å². The Labute approximate surface area is 163 Å². The summed E-state index contributed by atoms with van der Waals surface area (Å²) in [5.41, 5.74) is 2.08. The fourth-order valence-corrected chi connectivity index (χ4v) is 2.95. The number of benzene rings is 2. The van der Waals surface area contributed by atoms with E-state index in [2.05, 4.69) is 22.2 Å². The van der Waals surface area contributed by atoms with Crippen molar-refractivity contribution in [2.24, 2.45) is 0 Å². The summed E-state index contributed by atoms with van der Waals surface area (Å²) in [6.07, 6.45) is 4.50. The molecule has 28 heavy (non-hydrogen) atoms. The first kappa shape index (κ1) is 19.5. The number of carbonyl (C=O) groups excluding carboxylic acids is 1. The quantitative estimate of drug-likeness (QED) is 0.485. The van der Waals surface area contributed by atoms with Gasteiger partial charge in [0.05, 0.1) is 24.8 Å².